The van der Waals surface area contributed by atoms with E-state index >= 15 is 0 Å². The van der Waals surface area contributed by atoms with E-state index in [0.717, 1.165) is 0 Å². The minimum Gasteiger partial charge on any atom is -0.481 e. The van der Waals surface area contributed by atoms with Crippen LogP contribution in [0.2, 0.25) is 5.02 Å². The Morgan fingerprint density at radius 2 is 2.17 bits per heavy atom. The average Bonchev–Trinajstić information content (AvgIpc) is 2.50. The summed E-state index contributed by atoms with van der Waals surface area (Å²) in [5, 5.41) is 9.03. The summed E-state index contributed by atoms with van der Waals surface area (Å²) in [5.74, 6) is -0.598. The Hall–Kier alpha value is -1.78. The first-order valence-electron chi connectivity index (χ1n) is 6.74. The summed E-state index contributed by atoms with van der Waals surface area (Å²) in [4.78, 5) is 25.0. The third-order valence-electron chi connectivity index (χ3n) is 2.83. The zero-order chi connectivity index (χ0) is 17.4. The van der Waals surface area contributed by atoms with Gasteiger partial charge in [0.25, 0.3) is 5.91 Å². The molecule has 124 valence electrons. The van der Waals surface area contributed by atoms with E-state index in [4.69, 9.17) is 26.3 Å². The van der Waals surface area contributed by atoms with Crippen molar-refractivity contribution in [2.75, 3.05) is 20.2 Å². The average molecular weight is 404 g/mol. The number of halogens is 2. The molecule has 0 spiro atoms. The van der Waals surface area contributed by atoms with E-state index in [1.807, 2.05) is 6.07 Å². The minimum absolute atomic E-state index is 0.219. The number of carbonyl (C=O) groups is 2. The summed E-state index contributed by atoms with van der Waals surface area (Å²) < 4.78 is 10.9. The number of nitriles is 1. The summed E-state index contributed by atoms with van der Waals surface area (Å²) in [6.45, 7) is 1.42. The molecule has 1 atom stereocenters. The van der Waals surface area contributed by atoms with Gasteiger partial charge in [0.15, 0.2) is 12.7 Å². The second-order valence-electron chi connectivity index (χ2n) is 4.66. The van der Waals surface area contributed by atoms with E-state index in [1.54, 1.807) is 25.2 Å². The predicted octanol–water partition coefficient (Wildman–Crippen LogP) is 2.79. The molecule has 0 aliphatic heterocycles. The van der Waals surface area contributed by atoms with Crippen LogP contribution in [0.3, 0.4) is 0 Å². The highest BCUT2D eigenvalue weighted by atomic mass is 79.9. The van der Waals surface area contributed by atoms with Crippen molar-refractivity contribution in [3.05, 3.63) is 27.7 Å². The lowest BCUT2D eigenvalue weighted by molar-refractivity contribution is -0.160. The van der Waals surface area contributed by atoms with Crippen LogP contribution < -0.4 is 4.74 Å². The number of carbonyl (C=O) groups excluding carboxylic acids is 2. The van der Waals surface area contributed by atoms with Gasteiger partial charge in [0.1, 0.15) is 5.75 Å². The van der Waals surface area contributed by atoms with Crippen molar-refractivity contribution in [1.29, 1.82) is 5.26 Å². The SMILES string of the molecule is C[C@H](OC(=O)COc1ccc(Cl)cc1Br)C(=O)N(C)CCC#N. The molecule has 0 N–H and O–H groups in total. The Morgan fingerprint density at radius 1 is 1.48 bits per heavy atom. The molecular weight excluding hydrogens is 388 g/mol. The zero-order valence-corrected chi connectivity index (χ0v) is 15.1. The van der Waals surface area contributed by atoms with E-state index in [-0.39, 0.29) is 25.5 Å². The third-order valence-corrected chi connectivity index (χ3v) is 3.69. The fourth-order valence-corrected chi connectivity index (χ4v) is 2.45. The maximum absolute atomic E-state index is 11.9. The van der Waals surface area contributed by atoms with Crippen molar-refractivity contribution >= 4 is 39.4 Å². The molecule has 0 unspecified atom stereocenters. The summed E-state index contributed by atoms with van der Waals surface area (Å²) >= 11 is 9.08. The van der Waals surface area contributed by atoms with Crippen LogP contribution in [-0.4, -0.2) is 43.1 Å². The first kappa shape index (κ1) is 19.3. The van der Waals surface area contributed by atoms with Gasteiger partial charge in [-0.15, -0.1) is 0 Å². The van der Waals surface area contributed by atoms with E-state index in [0.29, 0.717) is 15.2 Å². The molecule has 0 aromatic heterocycles. The number of amides is 1. The van der Waals surface area contributed by atoms with Gasteiger partial charge in [-0.25, -0.2) is 4.79 Å². The molecule has 0 bridgehead atoms. The fraction of sp³-hybridized carbons (Fsp3) is 0.400. The quantitative estimate of drug-likeness (QED) is 0.654. The monoisotopic (exact) mass is 402 g/mol. The molecule has 23 heavy (non-hydrogen) atoms. The molecule has 1 amide bonds. The van der Waals surface area contributed by atoms with E-state index in [1.165, 1.54) is 11.8 Å². The van der Waals surface area contributed by atoms with Gasteiger partial charge in [0, 0.05) is 18.6 Å². The highest BCUT2D eigenvalue weighted by molar-refractivity contribution is 9.10. The molecule has 1 rings (SSSR count). The van der Waals surface area contributed by atoms with Crippen LogP contribution in [0.5, 0.6) is 5.75 Å². The van der Waals surface area contributed by atoms with E-state index in [2.05, 4.69) is 15.9 Å². The van der Waals surface area contributed by atoms with Crippen LogP contribution in [0.15, 0.2) is 22.7 Å². The van der Waals surface area contributed by atoms with Crippen LogP contribution >= 0.6 is 27.5 Å². The largest absolute Gasteiger partial charge is 0.481 e. The highest BCUT2D eigenvalue weighted by Crippen LogP contribution is 2.27. The van der Waals surface area contributed by atoms with Gasteiger partial charge in [-0.2, -0.15) is 5.26 Å². The molecule has 0 heterocycles. The number of benzene rings is 1. The molecule has 0 aliphatic rings. The fourth-order valence-electron chi connectivity index (χ4n) is 1.65. The summed E-state index contributed by atoms with van der Waals surface area (Å²) in [7, 11) is 1.55. The van der Waals surface area contributed by atoms with E-state index in [9.17, 15) is 9.59 Å². The van der Waals surface area contributed by atoms with Gasteiger partial charge in [-0.3, -0.25) is 4.79 Å². The number of likely N-dealkylation sites (N-methyl/N-ethyl adjacent to an activating group) is 1. The minimum atomic E-state index is -0.941. The van der Waals surface area contributed by atoms with Crippen molar-refractivity contribution in [3.63, 3.8) is 0 Å². The summed E-state index contributed by atoms with van der Waals surface area (Å²) in [5.41, 5.74) is 0. The van der Waals surface area contributed by atoms with Gasteiger partial charge < -0.3 is 14.4 Å². The Kier molecular flexibility index (Phi) is 7.86. The number of ether oxygens (including phenoxy) is 2. The maximum atomic E-state index is 11.9. The standard InChI is InChI=1S/C15H16BrClN2O4/c1-10(15(21)19(2)7-3-6-18)23-14(20)9-22-13-5-4-11(17)8-12(13)16/h4-5,8,10H,3,7,9H2,1-2H3/t10-/m0/s1. The molecule has 0 fully saturated rings. The van der Waals surface area contributed by atoms with Crippen LogP contribution in [0.25, 0.3) is 0 Å². The van der Waals surface area contributed by atoms with Gasteiger partial charge in [-0.05, 0) is 41.1 Å². The molecule has 1 aromatic carbocycles. The molecule has 1 aromatic rings. The van der Waals surface area contributed by atoms with E-state index < -0.39 is 12.1 Å². The number of hydrogen-bond donors (Lipinski definition) is 0. The molecule has 8 heteroatoms. The Morgan fingerprint density at radius 3 is 2.78 bits per heavy atom. The number of nitrogens with zero attached hydrogens (tertiary/aromatic N) is 2. The zero-order valence-electron chi connectivity index (χ0n) is 12.7. The predicted molar refractivity (Wildman–Crippen MR) is 88.1 cm³/mol. The Bertz CT molecular complexity index is 618. The van der Waals surface area contributed by atoms with Gasteiger partial charge in [0.2, 0.25) is 0 Å². The summed E-state index contributed by atoms with van der Waals surface area (Å²) in [6, 6.07) is 6.83. The molecule has 0 saturated carbocycles. The lowest BCUT2D eigenvalue weighted by Gasteiger charge is -2.20. The number of hydrogen-bond acceptors (Lipinski definition) is 5. The lowest BCUT2D eigenvalue weighted by atomic mass is 10.3. The third kappa shape index (κ3) is 6.47. The van der Waals surface area contributed by atoms with Crippen molar-refractivity contribution in [3.8, 4) is 11.8 Å². The maximum Gasteiger partial charge on any atom is 0.344 e. The molecule has 0 aliphatic carbocycles. The van der Waals surface area contributed by atoms with Crippen LogP contribution in [-0.2, 0) is 14.3 Å². The van der Waals surface area contributed by atoms with Gasteiger partial charge in [-0.1, -0.05) is 11.6 Å². The van der Waals surface area contributed by atoms with Crippen LogP contribution in [0.4, 0.5) is 0 Å². The second kappa shape index (κ2) is 9.38. The van der Waals surface area contributed by atoms with Crippen LogP contribution in [0, 0.1) is 11.3 Å². The Labute approximate surface area is 148 Å². The smallest absolute Gasteiger partial charge is 0.344 e. The van der Waals surface area contributed by atoms with Gasteiger partial charge >= 0.3 is 5.97 Å². The lowest BCUT2D eigenvalue weighted by Crippen LogP contribution is -2.38. The highest BCUT2D eigenvalue weighted by Gasteiger charge is 2.21. The molecular formula is C15H16BrClN2O4. The number of esters is 1. The topological polar surface area (TPSA) is 79.6 Å². The van der Waals surface area contributed by atoms with Crippen LogP contribution in [0.1, 0.15) is 13.3 Å². The summed E-state index contributed by atoms with van der Waals surface area (Å²) in [6.07, 6.45) is -0.722. The van der Waals surface area contributed by atoms with Gasteiger partial charge in [0.05, 0.1) is 17.0 Å². The first-order valence-corrected chi connectivity index (χ1v) is 7.91. The normalized spacial score (nSPS) is 11.3. The van der Waals surface area contributed by atoms with Crippen molar-refractivity contribution in [1.82, 2.24) is 4.90 Å². The second-order valence-corrected chi connectivity index (χ2v) is 5.95. The first-order chi connectivity index (χ1) is 10.8. The molecule has 6 nitrogen and oxygen atoms in total. The van der Waals surface area contributed by atoms with Crippen molar-refractivity contribution in [2.24, 2.45) is 0 Å². The van der Waals surface area contributed by atoms with Crippen molar-refractivity contribution < 1.29 is 19.1 Å². The molecule has 0 saturated heterocycles. The number of rotatable bonds is 7. The Balaban J connectivity index is 2.46. The molecule has 0 radical (unpaired) electrons. The van der Waals surface area contributed by atoms with Crippen molar-refractivity contribution in [2.45, 2.75) is 19.4 Å².